The molecule has 0 radical (unpaired) electrons. The number of carbonyl (C=O) groups is 1. The van der Waals surface area contributed by atoms with E-state index in [-0.39, 0.29) is 30.1 Å². The van der Waals surface area contributed by atoms with Gasteiger partial charge in [0.15, 0.2) is 22.5 Å². The maximum absolute atomic E-state index is 13.8. The van der Waals surface area contributed by atoms with Gasteiger partial charge in [0.2, 0.25) is 5.91 Å². The number of benzene rings is 1. The number of methoxy groups -OCH3 is 1. The van der Waals surface area contributed by atoms with E-state index < -0.39 is 5.82 Å². The first-order chi connectivity index (χ1) is 14.1. The van der Waals surface area contributed by atoms with Crippen LogP contribution in [0.15, 0.2) is 29.4 Å². The van der Waals surface area contributed by atoms with Gasteiger partial charge in [-0.3, -0.25) is 9.36 Å². The zero-order valence-corrected chi connectivity index (χ0v) is 17.4. The Morgan fingerprint density at radius 3 is 2.79 bits per heavy atom. The van der Waals surface area contributed by atoms with Crippen molar-refractivity contribution in [1.29, 1.82) is 0 Å². The summed E-state index contributed by atoms with van der Waals surface area (Å²) >= 11 is 1.32. The molecule has 8 nitrogen and oxygen atoms in total. The summed E-state index contributed by atoms with van der Waals surface area (Å²) in [6.07, 6.45) is 0. The average Bonchev–Trinajstić information content (AvgIpc) is 3.15. The monoisotopic (exact) mass is 424 g/mol. The van der Waals surface area contributed by atoms with Crippen LogP contribution in [0.3, 0.4) is 0 Å². The molecule has 1 aliphatic rings. The number of morpholine rings is 1. The van der Waals surface area contributed by atoms with E-state index >= 15 is 0 Å². The van der Waals surface area contributed by atoms with Crippen LogP contribution in [0.25, 0.3) is 0 Å². The molecular formula is C19H25FN4O4S. The van der Waals surface area contributed by atoms with Gasteiger partial charge in [-0.05, 0) is 19.1 Å². The minimum absolute atomic E-state index is 0.0383. The fourth-order valence-corrected chi connectivity index (χ4v) is 3.96. The lowest BCUT2D eigenvalue weighted by molar-refractivity contribution is -0.132. The van der Waals surface area contributed by atoms with Gasteiger partial charge in [-0.15, -0.1) is 10.2 Å². The largest absolute Gasteiger partial charge is 0.483 e. The highest BCUT2D eigenvalue weighted by atomic mass is 32.2. The van der Waals surface area contributed by atoms with Gasteiger partial charge in [0.25, 0.3) is 0 Å². The van der Waals surface area contributed by atoms with E-state index in [1.54, 1.807) is 30.2 Å². The smallest absolute Gasteiger partial charge is 0.233 e. The predicted molar refractivity (Wildman–Crippen MR) is 105 cm³/mol. The van der Waals surface area contributed by atoms with E-state index in [0.29, 0.717) is 43.9 Å². The molecule has 1 aromatic heterocycles. The first kappa shape index (κ1) is 21.5. The van der Waals surface area contributed by atoms with Crippen molar-refractivity contribution in [3.05, 3.63) is 35.9 Å². The zero-order valence-electron chi connectivity index (χ0n) is 16.5. The number of nitrogens with zero attached hydrogens (tertiary/aromatic N) is 4. The molecule has 2 heterocycles. The fraction of sp³-hybridized carbons (Fsp3) is 0.526. The number of halogens is 1. The molecule has 1 fully saturated rings. The number of para-hydroxylation sites is 1. The van der Waals surface area contributed by atoms with Gasteiger partial charge in [-0.25, -0.2) is 4.39 Å². The van der Waals surface area contributed by atoms with Crippen molar-refractivity contribution in [2.75, 3.05) is 45.8 Å². The number of hydrogen-bond donors (Lipinski definition) is 0. The van der Waals surface area contributed by atoms with Gasteiger partial charge in [-0.2, -0.15) is 0 Å². The molecule has 3 rings (SSSR count). The minimum Gasteiger partial charge on any atom is -0.483 e. The van der Waals surface area contributed by atoms with Crippen LogP contribution < -0.4 is 4.74 Å². The maximum Gasteiger partial charge on any atom is 0.233 e. The molecule has 158 valence electrons. The number of rotatable bonds is 9. The summed E-state index contributed by atoms with van der Waals surface area (Å²) in [6.45, 7) is 4.80. The van der Waals surface area contributed by atoms with Crippen LogP contribution in [0.1, 0.15) is 18.8 Å². The van der Waals surface area contributed by atoms with Crippen molar-refractivity contribution in [2.24, 2.45) is 0 Å². The average molecular weight is 424 g/mol. The van der Waals surface area contributed by atoms with Gasteiger partial charge in [0.05, 0.1) is 31.6 Å². The number of hydrogen-bond acceptors (Lipinski definition) is 7. The van der Waals surface area contributed by atoms with E-state index in [4.69, 9.17) is 14.2 Å². The van der Waals surface area contributed by atoms with Gasteiger partial charge in [0.1, 0.15) is 6.61 Å². The molecule has 0 unspecified atom stereocenters. The first-order valence-corrected chi connectivity index (χ1v) is 10.4. The second kappa shape index (κ2) is 10.6. The van der Waals surface area contributed by atoms with Gasteiger partial charge in [0, 0.05) is 20.2 Å². The second-order valence-corrected chi connectivity index (χ2v) is 7.52. The molecule has 10 heteroatoms. The summed E-state index contributed by atoms with van der Waals surface area (Å²) in [5.41, 5.74) is 0. The summed E-state index contributed by atoms with van der Waals surface area (Å²) in [5.74, 6) is 0.550. The second-order valence-electron chi connectivity index (χ2n) is 6.57. The van der Waals surface area contributed by atoms with Gasteiger partial charge in [-0.1, -0.05) is 23.9 Å². The van der Waals surface area contributed by atoms with E-state index in [2.05, 4.69) is 10.2 Å². The third kappa shape index (κ3) is 5.68. The molecule has 2 aromatic rings. The highest BCUT2D eigenvalue weighted by Crippen LogP contribution is 2.24. The van der Waals surface area contributed by atoms with Crippen molar-refractivity contribution in [2.45, 2.75) is 24.7 Å². The Hall–Kier alpha value is -2.17. The number of carbonyl (C=O) groups excluding carboxylic acids is 1. The molecular weight excluding hydrogens is 399 g/mol. The molecule has 29 heavy (non-hydrogen) atoms. The first-order valence-electron chi connectivity index (χ1n) is 9.38. The van der Waals surface area contributed by atoms with Crippen LogP contribution in [0.4, 0.5) is 4.39 Å². The molecule has 0 bridgehead atoms. The SMILES string of the molecule is COC[C@@H](C)n1c(COc2ccccc2F)nnc1SCC(=O)N1CCOCC1. The van der Waals surface area contributed by atoms with Crippen molar-refractivity contribution >= 4 is 17.7 Å². The van der Waals surface area contributed by atoms with E-state index in [1.165, 1.54) is 17.8 Å². The maximum atomic E-state index is 13.8. The Morgan fingerprint density at radius 2 is 2.07 bits per heavy atom. The molecule has 1 atom stereocenters. The minimum atomic E-state index is -0.436. The van der Waals surface area contributed by atoms with E-state index in [1.807, 2.05) is 11.5 Å². The molecule has 1 aromatic carbocycles. The number of thioether (sulfide) groups is 1. The van der Waals surface area contributed by atoms with Crippen molar-refractivity contribution in [3.63, 3.8) is 0 Å². The normalized spacial score (nSPS) is 15.3. The molecule has 0 N–H and O–H groups in total. The van der Waals surface area contributed by atoms with E-state index in [9.17, 15) is 9.18 Å². The molecule has 1 aliphatic heterocycles. The summed E-state index contributed by atoms with van der Waals surface area (Å²) in [5, 5.41) is 9.02. The number of ether oxygens (including phenoxy) is 3. The molecule has 0 spiro atoms. The summed E-state index contributed by atoms with van der Waals surface area (Å²) < 4.78 is 31.8. The quantitative estimate of drug-likeness (QED) is 0.571. The zero-order chi connectivity index (χ0) is 20.6. The molecule has 1 saturated heterocycles. The Bertz CT molecular complexity index is 813. The van der Waals surface area contributed by atoms with Crippen LogP contribution >= 0.6 is 11.8 Å². The van der Waals surface area contributed by atoms with Crippen molar-refractivity contribution < 1.29 is 23.4 Å². The van der Waals surface area contributed by atoms with E-state index in [0.717, 1.165) is 0 Å². The summed E-state index contributed by atoms with van der Waals surface area (Å²) in [4.78, 5) is 14.2. The van der Waals surface area contributed by atoms with Crippen LogP contribution in [0.2, 0.25) is 0 Å². The Balaban J connectivity index is 1.69. The third-order valence-electron chi connectivity index (χ3n) is 4.47. The van der Waals surface area contributed by atoms with Crippen LogP contribution in [-0.4, -0.2) is 71.3 Å². The van der Waals surface area contributed by atoms with Crippen LogP contribution in [-0.2, 0) is 20.9 Å². The lowest BCUT2D eigenvalue weighted by Crippen LogP contribution is -2.41. The lowest BCUT2D eigenvalue weighted by atomic mass is 10.3. The predicted octanol–water partition coefficient (Wildman–Crippen LogP) is 2.15. The molecule has 0 aliphatic carbocycles. The fourth-order valence-electron chi connectivity index (χ4n) is 3.00. The van der Waals surface area contributed by atoms with Gasteiger partial charge < -0.3 is 19.1 Å². The number of aromatic nitrogens is 3. The molecule has 0 saturated carbocycles. The van der Waals surface area contributed by atoms with Crippen LogP contribution in [0.5, 0.6) is 5.75 Å². The summed E-state index contributed by atoms with van der Waals surface area (Å²) in [7, 11) is 1.62. The molecule has 1 amide bonds. The number of amides is 1. The Kier molecular flexibility index (Phi) is 7.84. The highest BCUT2D eigenvalue weighted by molar-refractivity contribution is 7.99. The van der Waals surface area contributed by atoms with Gasteiger partial charge >= 0.3 is 0 Å². The van der Waals surface area contributed by atoms with Crippen molar-refractivity contribution in [1.82, 2.24) is 19.7 Å². The Labute approximate surface area is 173 Å². The standard InChI is InChI=1S/C19H25FN4O4S/c1-14(11-26-2)24-17(12-28-16-6-4-3-5-15(16)20)21-22-19(24)29-13-18(25)23-7-9-27-10-8-23/h3-6,14H,7-13H2,1-2H3/t14-/m1/s1. The van der Waals surface area contributed by atoms with Crippen LogP contribution in [0, 0.1) is 5.82 Å². The lowest BCUT2D eigenvalue weighted by Gasteiger charge is -2.26. The Morgan fingerprint density at radius 1 is 1.31 bits per heavy atom. The topological polar surface area (TPSA) is 78.7 Å². The highest BCUT2D eigenvalue weighted by Gasteiger charge is 2.22. The van der Waals surface area contributed by atoms with Crippen molar-refractivity contribution in [3.8, 4) is 5.75 Å². The third-order valence-corrected chi connectivity index (χ3v) is 5.39. The summed E-state index contributed by atoms with van der Waals surface area (Å²) in [6, 6.07) is 6.13.